The second kappa shape index (κ2) is 8.43. The number of ether oxygens (including phenoxy) is 1. The van der Waals surface area contributed by atoms with Crippen LogP contribution in [0.25, 0.3) is 0 Å². The van der Waals surface area contributed by atoms with Gasteiger partial charge in [0, 0.05) is 5.02 Å². The lowest BCUT2D eigenvalue weighted by atomic mass is 10.1. The second-order valence-electron chi connectivity index (χ2n) is 3.86. The third-order valence-electron chi connectivity index (χ3n) is 2.43. The van der Waals surface area contributed by atoms with Crippen LogP contribution >= 0.6 is 11.6 Å². The molecule has 0 aromatic heterocycles. The third-order valence-corrected chi connectivity index (χ3v) is 2.68. The molecule has 1 aromatic rings. The molecule has 0 aliphatic rings. The van der Waals surface area contributed by atoms with Crippen LogP contribution in [0.4, 0.5) is 0 Å². The molecule has 0 aliphatic heterocycles. The Morgan fingerprint density at radius 3 is 2.25 bits per heavy atom. The van der Waals surface area contributed by atoms with Crippen LogP contribution in [0.15, 0.2) is 24.3 Å². The highest BCUT2D eigenvalue weighted by Crippen LogP contribution is 2.15. The molecule has 2 nitrogen and oxygen atoms in total. The van der Waals surface area contributed by atoms with Gasteiger partial charge in [0.15, 0.2) is 0 Å². The van der Waals surface area contributed by atoms with Gasteiger partial charge in [0.1, 0.15) is 5.75 Å². The van der Waals surface area contributed by atoms with Crippen molar-refractivity contribution >= 4 is 11.6 Å². The maximum Gasteiger partial charge on any atom is 0.119 e. The Balaban J connectivity index is 2.01. The Labute approximate surface area is 103 Å². The van der Waals surface area contributed by atoms with Crippen LogP contribution in [0.3, 0.4) is 0 Å². The van der Waals surface area contributed by atoms with Crippen molar-refractivity contribution < 1.29 is 4.74 Å². The molecule has 90 valence electrons. The lowest BCUT2D eigenvalue weighted by Crippen LogP contribution is -1.99. The van der Waals surface area contributed by atoms with Crippen molar-refractivity contribution in [3.8, 4) is 5.75 Å². The zero-order chi connectivity index (χ0) is 11.6. The van der Waals surface area contributed by atoms with Crippen LogP contribution in [-0.2, 0) is 0 Å². The Morgan fingerprint density at radius 2 is 1.56 bits per heavy atom. The lowest BCUT2D eigenvalue weighted by Gasteiger charge is -2.05. The first kappa shape index (κ1) is 13.3. The Morgan fingerprint density at radius 1 is 0.938 bits per heavy atom. The van der Waals surface area contributed by atoms with Crippen LogP contribution in [-0.4, -0.2) is 13.2 Å². The minimum absolute atomic E-state index is 0.745. The normalized spacial score (nSPS) is 10.4. The van der Waals surface area contributed by atoms with E-state index in [0.29, 0.717) is 0 Å². The summed E-state index contributed by atoms with van der Waals surface area (Å²) >= 11 is 5.78. The molecule has 0 saturated heterocycles. The molecule has 3 heteroatoms. The summed E-state index contributed by atoms with van der Waals surface area (Å²) in [5, 5.41) is 0.745. The van der Waals surface area contributed by atoms with Gasteiger partial charge >= 0.3 is 0 Å². The molecule has 0 aliphatic carbocycles. The first-order valence-corrected chi connectivity index (χ1v) is 6.29. The van der Waals surface area contributed by atoms with Crippen LogP contribution in [0.2, 0.25) is 5.02 Å². The van der Waals surface area contributed by atoms with E-state index in [1.54, 1.807) is 0 Å². The van der Waals surface area contributed by atoms with Crippen LogP contribution in [0.1, 0.15) is 32.1 Å². The largest absolute Gasteiger partial charge is 0.494 e. The maximum atomic E-state index is 5.78. The summed E-state index contributed by atoms with van der Waals surface area (Å²) in [5.74, 6) is 0.895. The summed E-state index contributed by atoms with van der Waals surface area (Å²) in [4.78, 5) is 0. The summed E-state index contributed by atoms with van der Waals surface area (Å²) in [5.41, 5.74) is 5.42. The van der Waals surface area contributed by atoms with E-state index in [0.717, 1.165) is 36.8 Å². The number of hydrogen-bond donors (Lipinski definition) is 1. The fourth-order valence-corrected chi connectivity index (χ4v) is 1.62. The molecular formula is C13H20ClNO. The summed E-state index contributed by atoms with van der Waals surface area (Å²) in [6.07, 6.45) is 5.94. The first-order chi connectivity index (χ1) is 7.83. The van der Waals surface area contributed by atoms with E-state index in [9.17, 15) is 0 Å². The Kier molecular flexibility index (Phi) is 7.02. The summed E-state index contributed by atoms with van der Waals surface area (Å²) in [6.45, 7) is 1.59. The summed E-state index contributed by atoms with van der Waals surface area (Å²) < 4.78 is 5.58. The van der Waals surface area contributed by atoms with Gasteiger partial charge in [-0.1, -0.05) is 30.9 Å². The topological polar surface area (TPSA) is 35.2 Å². The van der Waals surface area contributed by atoms with Crippen molar-refractivity contribution in [1.29, 1.82) is 0 Å². The fraction of sp³-hybridized carbons (Fsp3) is 0.538. The average molecular weight is 242 g/mol. The molecule has 0 heterocycles. The van der Waals surface area contributed by atoms with Gasteiger partial charge in [-0.15, -0.1) is 0 Å². The number of halogens is 1. The predicted molar refractivity (Wildman–Crippen MR) is 69.1 cm³/mol. The third kappa shape index (κ3) is 5.99. The lowest BCUT2D eigenvalue weighted by molar-refractivity contribution is 0.304. The average Bonchev–Trinajstić information content (AvgIpc) is 2.30. The molecule has 0 amide bonds. The SMILES string of the molecule is NCCCCCCCOc1ccc(Cl)cc1. The molecule has 1 rings (SSSR count). The second-order valence-corrected chi connectivity index (χ2v) is 4.30. The molecule has 1 aromatic carbocycles. The van der Waals surface area contributed by atoms with Gasteiger partial charge in [0.2, 0.25) is 0 Å². The van der Waals surface area contributed by atoms with E-state index < -0.39 is 0 Å². The van der Waals surface area contributed by atoms with Gasteiger partial charge in [-0.05, 0) is 43.7 Å². The van der Waals surface area contributed by atoms with Gasteiger partial charge in [-0.25, -0.2) is 0 Å². The zero-order valence-corrected chi connectivity index (χ0v) is 10.4. The van der Waals surface area contributed by atoms with Crippen molar-refractivity contribution in [1.82, 2.24) is 0 Å². The molecule has 2 N–H and O–H groups in total. The van der Waals surface area contributed by atoms with E-state index in [1.165, 1.54) is 19.3 Å². The molecule has 0 bridgehead atoms. The van der Waals surface area contributed by atoms with Gasteiger partial charge in [-0.3, -0.25) is 0 Å². The monoisotopic (exact) mass is 241 g/mol. The molecule has 0 spiro atoms. The molecular weight excluding hydrogens is 222 g/mol. The van der Waals surface area contributed by atoms with E-state index in [1.807, 2.05) is 24.3 Å². The van der Waals surface area contributed by atoms with Crippen LogP contribution in [0.5, 0.6) is 5.75 Å². The predicted octanol–water partition coefficient (Wildman–Crippen LogP) is 3.63. The molecule has 0 saturated carbocycles. The standard InChI is InChI=1S/C13H20ClNO/c14-12-6-8-13(9-7-12)16-11-5-3-1-2-4-10-15/h6-9H,1-5,10-11,15H2. The van der Waals surface area contributed by atoms with Crippen LogP contribution < -0.4 is 10.5 Å². The number of benzene rings is 1. The van der Waals surface area contributed by atoms with Gasteiger partial charge < -0.3 is 10.5 Å². The quantitative estimate of drug-likeness (QED) is 0.706. The van der Waals surface area contributed by atoms with E-state index in [4.69, 9.17) is 22.1 Å². The molecule has 0 atom stereocenters. The summed E-state index contributed by atoms with van der Waals surface area (Å²) in [6, 6.07) is 7.49. The Hall–Kier alpha value is -0.730. The van der Waals surface area contributed by atoms with Crippen molar-refractivity contribution in [2.75, 3.05) is 13.2 Å². The van der Waals surface area contributed by atoms with Crippen molar-refractivity contribution in [3.63, 3.8) is 0 Å². The van der Waals surface area contributed by atoms with Crippen molar-refractivity contribution in [2.24, 2.45) is 5.73 Å². The number of hydrogen-bond acceptors (Lipinski definition) is 2. The molecule has 0 unspecified atom stereocenters. The molecule has 0 fully saturated rings. The number of nitrogens with two attached hydrogens (primary N) is 1. The van der Waals surface area contributed by atoms with E-state index in [-0.39, 0.29) is 0 Å². The Bertz CT molecular complexity index is 274. The number of unbranched alkanes of at least 4 members (excludes halogenated alkanes) is 4. The minimum atomic E-state index is 0.745. The molecule has 0 radical (unpaired) electrons. The van der Waals surface area contributed by atoms with Crippen molar-refractivity contribution in [2.45, 2.75) is 32.1 Å². The van der Waals surface area contributed by atoms with Crippen LogP contribution in [0, 0.1) is 0 Å². The molecule has 16 heavy (non-hydrogen) atoms. The highest BCUT2D eigenvalue weighted by Gasteiger charge is 1.94. The zero-order valence-electron chi connectivity index (χ0n) is 9.62. The smallest absolute Gasteiger partial charge is 0.119 e. The van der Waals surface area contributed by atoms with Crippen molar-refractivity contribution in [3.05, 3.63) is 29.3 Å². The summed E-state index contributed by atoms with van der Waals surface area (Å²) in [7, 11) is 0. The fourth-order valence-electron chi connectivity index (χ4n) is 1.50. The highest BCUT2D eigenvalue weighted by molar-refractivity contribution is 6.30. The minimum Gasteiger partial charge on any atom is -0.494 e. The van der Waals surface area contributed by atoms with Gasteiger partial charge in [0.05, 0.1) is 6.61 Å². The van der Waals surface area contributed by atoms with E-state index in [2.05, 4.69) is 0 Å². The number of rotatable bonds is 8. The first-order valence-electron chi connectivity index (χ1n) is 5.91. The van der Waals surface area contributed by atoms with Gasteiger partial charge in [-0.2, -0.15) is 0 Å². The van der Waals surface area contributed by atoms with Gasteiger partial charge in [0.25, 0.3) is 0 Å². The van der Waals surface area contributed by atoms with E-state index >= 15 is 0 Å². The highest BCUT2D eigenvalue weighted by atomic mass is 35.5. The maximum absolute atomic E-state index is 5.78.